The molecule has 2 aromatic carbocycles. The molecule has 1 atom stereocenters. The van der Waals surface area contributed by atoms with Gasteiger partial charge in [-0.2, -0.15) is 13.2 Å². The standard InChI is InChI=1S/C19H17F3N2O3S/c1-12(13-5-3-2-4-6-13)11-23-28(26,27)14-7-8-17-15(9-14)16(19(20,21)22)10-18(25)24-17/h2-10,12,23H,11H2,1H3,(H,24,25). The first-order chi connectivity index (χ1) is 13.1. The maximum atomic E-state index is 13.2. The van der Waals surface area contributed by atoms with Crippen LogP contribution in [0, 0.1) is 0 Å². The van der Waals surface area contributed by atoms with Gasteiger partial charge in [0.05, 0.1) is 10.5 Å². The van der Waals surface area contributed by atoms with Crippen molar-refractivity contribution in [3.8, 4) is 0 Å². The molecule has 1 aromatic heterocycles. The topological polar surface area (TPSA) is 79.0 Å². The van der Waals surface area contributed by atoms with E-state index in [1.807, 2.05) is 37.3 Å². The number of nitrogens with one attached hydrogen (secondary N) is 2. The molecule has 1 heterocycles. The van der Waals surface area contributed by atoms with Gasteiger partial charge in [0.15, 0.2) is 0 Å². The summed E-state index contributed by atoms with van der Waals surface area (Å²) in [6.07, 6.45) is -4.79. The van der Waals surface area contributed by atoms with Crippen molar-refractivity contribution in [1.82, 2.24) is 9.71 Å². The van der Waals surface area contributed by atoms with Crippen molar-refractivity contribution in [2.45, 2.75) is 23.9 Å². The van der Waals surface area contributed by atoms with E-state index in [9.17, 15) is 26.4 Å². The molecule has 1 unspecified atom stereocenters. The van der Waals surface area contributed by atoms with Crippen LogP contribution in [0.3, 0.4) is 0 Å². The summed E-state index contributed by atoms with van der Waals surface area (Å²) in [4.78, 5) is 13.4. The van der Waals surface area contributed by atoms with Gasteiger partial charge in [-0.3, -0.25) is 4.79 Å². The first-order valence-electron chi connectivity index (χ1n) is 8.37. The monoisotopic (exact) mass is 410 g/mol. The molecule has 0 amide bonds. The minimum atomic E-state index is -4.79. The molecular formula is C19H17F3N2O3S. The molecule has 0 spiro atoms. The first-order valence-corrected chi connectivity index (χ1v) is 9.85. The van der Waals surface area contributed by atoms with E-state index >= 15 is 0 Å². The predicted octanol–water partition coefficient (Wildman–Crippen LogP) is 3.63. The lowest BCUT2D eigenvalue weighted by molar-refractivity contribution is -0.136. The molecule has 28 heavy (non-hydrogen) atoms. The molecule has 5 nitrogen and oxygen atoms in total. The van der Waals surface area contributed by atoms with Crippen molar-refractivity contribution in [2.75, 3.05) is 6.54 Å². The minimum Gasteiger partial charge on any atom is -0.322 e. The van der Waals surface area contributed by atoms with E-state index in [2.05, 4.69) is 9.71 Å². The van der Waals surface area contributed by atoms with Crippen molar-refractivity contribution < 1.29 is 21.6 Å². The average molecular weight is 410 g/mol. The van der Waals surface area contributed by atoms with E-state index in [-0.39, 0.29) is 28.3 Å². The lowest BCUT2D eigenvalue weighted by Gasteiger charge is -2.14. The van der Waals surface area contributed by atoms with E-state index in [0.29, 0.717) is 6.07 Å². The fourth-order valence-corrected chi connectivity index (χ4v) is 4.01. The van der Waals surface area contributed by atoms with Crippen molar-refractivity contribution in [3.05, 3.63) is 76.1 Å². The Balaban J connectivity index is 1.94. The summed E-state index contributed by atoms with van der Waals surface area (Å²) in [7, 11) is -4.04. The van der Waals surface area contributed by atoms with E-state index in [4.69, 9.17) is 0 Å². The number of halogens is 3. The van der Waals surface area contributed by atoms with Crippen molar-refractivity contribution in [2.24, 2.45) is 0 Å². The van der Waals surface area contributed by atoms with Gasteiger partial charge in [0.25, 0.3) is 0 Å². The largest absolute Gasteiger partial charge is 0.417 e. The van der Waals surface area contributed by atoms with Crippen LogP contribution in [0.1, 0.15) is 24.0 Å². The number of fused-ring (bicyclic) bond motifs is 1. The zero-order valence-corrected chi connectivity index (χ0v) is 15.6. The molecule has 3 rings (SSSR count). The minimum absolute atomic E-state index is 0.0855. The smallest absolute Gasteiger partial charge is 0.322 e. The van der Waals surface area contributed by atoms with Gasteiger partial charge in [0.1, 0.15) is 0 Å². The predicted molar refractivity (Wildman–Crippen MR) is 99.6 cm³/mol. The highest BCUT2D eigenvalue weighted by Crippen LogP contribution is 2.34. The number of sulfonamides is 1. The number of alkyl halides is 3. The number of hydrogen-bond acceptors (Lipinski definition) is 3. The van der Waals surface area contributed by atoms with Crippen molar-refractivity contribution in [1.29, 1.82) is 0 Å². The summed E-state index contributed by atoms with van der Waals surface area (Å²) in [5, 5.41) is -0.383. The number of rotatable bonds is 5. The van der Waals surface area contributed by atoms with Crippen molar-refractivity contribution >= 4 is 20.9 Å². The van der Waals surface area contributed by atoms with Gasteiger partial charge in [0, 0.05) is 23.5 Å². The molecule has 2 N–H and O–H groups in total. The molecule has 148 valence electrons. The molecular weight excluding hydrogens is 393 g/mol. The second kappa shape index (κ2) is 7.40. The number of pyridine rings is 1. The van der Waals surface area contributed by atoms with Crippen molar-refractivity contribution in [3.63, 3.8) is 0 Å². The third-order valence-electron chi connectivity index (χ3n) is 4.38. The molecule has 0 fully saturated rings. The molecule has 9 heteroatoms. The molecule has 0 radical (unpaired) electrons. The highest BCUT2D eigenvalue weighted by atomic mass is 32.2. The Morgan fingerprint density at radius 1 is 1.07 bits per heavy atom. The number of H-pyrrole nitrogens is 1. The van der Waals surface area contributed by atoms with Crippen LogP contribution in [-0.4, -0.2) is 19.9 Å². The Bertz CT molecular complexity index is 1160. The number of aromatic nitrogens is 1. The fourth-order valence-electron chi connectivity index (χ4n) is 2.85. The number of benzene rings is 2. The van der Waals surface area contributed by atoms with Crippen LogP contribution in [0.25, 0.3) is 10.9 Å². The Labute approximate surface area is 159 Å². The Kier molecular flexibility index (Phi) is 5.31. The summed E-state index contributed by atoms with van der Waals surface area (Å²) < 4.78 is 67.3. The summed E-state index contributed by atoms with van der Waals surface area (Å²) in [6.45, 7) is 1.92. The van der Waals surface area contributed by atoms with Gasteiger partial charge in [-0.05, 0) is 29.7 Å². The third-order valence-corrected chi connectivity index (χ3v) is 5.80. The summed E-state index contributed by atoms with van der Waals surface area (Å²) in [5.41, 5.74) is -1.25. The third kappa shape index (κ3) is 4.26. The fraction of sp³-hybridized carbons (Fsp3) is 0.211. The van der Waals surface area contributed by atoms with Gasteiger partial charge in [-0.15, -0.1) is 0 Å². The van der Waals surface area contributed by atoms with E-state index in [1.54, 1.807) is 0 Å². The zero-order chi connectivity index (χ0) is 20.5. The highest BCUT2D eigenvalue weighted by molar-refractivity contribution is 7.89. The number of hydrogen-bond donors (Lipinski definition) is 2. The normalized spacial score (nSPS) is 13.6. The second-order valence-corrected chi connectivity index (χ2v) is 8.18. The maximum absolute atomic E-state index is 13.2. The van der Waals surface area contributed by atoms with Crippen LogP contribution in [0.2, 0.25) is 0 Å². The van der Waals surface area contributed by atoms with E-state index < -0.39 is 27.3 Å². The summed E-state index contributed by atoms with van der Waals surface area (Å²) >= 11 is 0. The van der Waals surface area contributed by atoms with Crippen LogP contribution in [0.15, 0.2) is 64.3 Å². The molecule has 0 bridgehead atoms. The average Bonchev–Trinajstić information content (AvgIpc) is 2.65. The molecule has 0 aliphatic rings. The molecule has 0 saturated heterocycles. The Hall–Kier alpha value is -2.65. The van der Waals surface area contributed by atoms with Gasteiger partial charge < -0.3 is 4.98 Å². The van der Waals surface area contributed by atoms with Gasteiger partial charge in [-0.25, -0.2) is 13.1 Å². The lowest BCUT2D eigenvalue weighted by Crippen LogP contribution is -2.27. The Morgan fingerprint density at radius 3 is 2.39 bits per heavy atom. The van der Waals surface area contributed by atoms with E-state index in [1.165, 1.54) is 0 Å². The maximum Gasteiger partial charge on any atom is 0.417 e. The first kappa shape index (κ1) is 20.1. The molecule has 3 aromatic rings. The van der Waals surface area contributed by atoms with Crippen LogP contribution in [0.5, 0.6) is 0 Å². The van der Waals surface area contributed by atoms with Crippen LogP contribution in [0.4, 0.5) is 13.2 Å². The van der Waals surface area contributed by atoms with Gasteiger partial charge >= 0.3 is 6.18 Å². The number of aromatic amines is 1. The van der Waals surface area contributed by atoms with Gasteiger partial charge in [0.2, 0.25) is 15.6 Å². The van der Waals surface area contributed by atoms with Gasteiger partial charge in [-0.1, -0.05) is 37.3 Å². The SMILES string of the molecule is CC(CNS(=O)(=O)c1ccc2[nH]c(=O)cc(C(F)(F)F)c2c1)c1ccccc1. The zero-order valence-electron chi connectivity index (χ0n) is 14.7. The highest BCUT2D eigenvalue weighted by Gasteiger charge is 2.33. The molecule has 0 saturated carbocycles. The molecule has 0 aliphatic heterocycles. The Morgan fingerprint density at radius 2 is 1.75 bits per heavy atom. The summed E-state index contributed by atoms with van der Waals surface area (Å²) in [5.74, 6) is -0.126. The lowest BCUT2D eigenvalue weighted by atomic mass is 10.0. The van der Waals surface area contributed by atoms with Crippen LogP contribution >= 0.6 is 0 Å². The summed E-state index contributed by atoms with van der Waals surface area (Å²) in [6, 6.07) is 12.9. The molecule has 0 aliphatic carbocycles. The van der Waals surface area contributed by atoms with Crippen LogP contribution < -0.4 is 10.3 Å². The quantitative estimate of drug-likeness (QED) is 0.674. The second-order valence-electron chi connectivity index (χ2n) is 6.42. The van der Waals surface area contributed by atoms with Crippen LogP contribution in [-0.2, 0) is 16.2 Å². The van der Waals surface area contributed by atoms with E-state index in [0.717, 1.165) is 23.8 Å².